The molecule has 0 atom stereocenters. The number of fused-ring (bicyclic) bond motifs is 3. The van der Waals surface area contributed by atoms with Gasteiger partial charge in [-0.25, -0.2) is 0 Å². The molecule has 1 heterocycles. The molecule has 0 bridgehead atoms. The number of anilines is 9. The highest BCUT2D eigenvalue weighted by Crippen LogP contribution is 2.54. The molecule has 9 aromatic carbocycles. The van der Waals surface area contributed by atoms with Crippen molar-refractivity contribution in [2.75, 3.05) is 14.7 Å². The minimum Gasteiger partial charge on any atom is -0.310 e. The lowest BCUT2D eigenvalue weighted by Crippen LogP contribution is -2.23. The Morgan fingerprint density at radius 2 is 0.673 bits per heavy atom. The summed E-state index contributed by atoms with van der Waals surface area (Å²) in [5.41, 5.74) is 14.9. The van der Waals surface area contributed by atoms with Gasteiger partial charge in [-0.3, -0.25) is 0 Å². The molecule has 9 aromatic rings. The van der Waals surface area contributed by atoms with Gasteiger partial charge < -0.3 is 14.7 Å². The number of hydrogen-bond acceptors (Lipinski definition) is 3. The first-order valence-corrected chi connectivity index (χ1v) is 18.8. The van der Waals surface area contributed by atoms with Gasteiger partial charge in [-0.05, 0) is 118 Å². The maximum absolute atomic E-state index is 2.39. The Bertz CT molecular complexity index is 2710. The van der Waals surface area contributed by atoms with Crippen molar-refractivity contribution in [1.82, 2.24) is 0 Å². The zero-order valence-electron chi connectivity index (χ0n) is 30.2. The highest BCUT2D eigenvalue weighted by atomic mass is 15.3. The van der Waals surface area contributed by atoms with Crippen LogP contribution in [0.5, 0.6) is 0 Å². The minimum absolute atomic E-state index is 1.10. The van der Waals surface area contributed by atoms with Crippen LogP contribution in [-0.4, -0.2) is 0 Å². The molecule has 3 heteroatoms. The summed E-state index contributed by atoms with van der Waals surface area (Å²) in [5, 5.41) is 2.44. The standard InChI is InChI=1S/C52H37N3/c1-3-14-38(15-4-1)40-26-31-45(32-27-40)53(48-35-30-39-16-7-8-17-42(39)37-48)46-33-28-41(29-34-46)43-18-13-21-47(36-43)55-51-24-11-9-22-49(51)54(44-19-5-2-6-20-44)50-23-10-12-25-52(50)55/h1-37H. The number of hydrogen-bond donors (Lipinski definition) is 0. The average Bonchev–Trinajstić information content (AvgIpc) is 3.26. The molecule has 0 aromatic heterocycles. The third-order valence-corrected chi connectivity index (χ3v) is 10.5. The van der Waals surface area contributed by atoms with Gasteiger partial charge in [0.15, 0.2) is 0 Å². The van der Waals surface area contributed by atoms with Crippen molar-refractivity contribution in [2.45, 2.75) is 0 Å². The Balaban J connectivity index is 1.02. The van der Waals surface area contributed by atoms with E-state index in [0.29, 0.717) is 0 Å². The number of nitrogens with zero attached hydrogens (tertiary/aromatic N) is 3. The molecule has 55 heavy (non-hydrogen) atoms. The van der Waals surface area contributed by atoms with Crippen LogP contribution in [0.25, 0.3) is 33.0 Å². The van der Waals surface area contributed by atoms with Crippen molar-refractivity contribution in [3.8, 4) is 22.3 Å². The number of para-hydroxylation sites is 5. The summed E-state index contributed by atoms with van der Waals surface area (Å²) in [6, 6.07) is 80.6. The van der Waals surface area contributed by atoms with E-state index < -0.39 is 0 Å². The zero-order valence-corrected chi connectivity index (χ0v) is 30.2. The Labute approximate surface area is 322 Å². The van der Waals surface area contributed by atoms with Gasteiger partial charge in [-0.1, -0.05) is 140 Å². The first-order valence-electron chi connectivity index (χ1n) is 18.8. The van der Waals surface area contributed by atoms with Crippen LogP contribution in [0.2, 0.25) is 0 Å². The molecule has 1 aliphatic heterocycles. The molecule has 0 spiro atoms. The fourth-order valence-electron chi connectivity index (χ4n) is 7.90. The highest BCUT2D eigenvalue weighted by molar-refractivity contribution is 6.01. The maximum Gasteiger partial charge on any atom is 0.0703 e. The van der Waals surface area contributed by atoms with Gasteiger partial charge in [0.05, 0.1) is 22.7 Å². The van der Waals surface area contributed by atoms with Crippen LogP contribution in [0.3, 0.4) is 0 Å². The van der Waals surface area contributed by atoms with E-state index in [1.165, 1.54) is 21.9 Å². The highest BCUT2D eigenvalue weighted by Gasteiger charge is 2.30. The van der Waals surface area contributed by atoms with Crippen LogP contribution in [0.4, 0.5) is 51.2 Å². The second-order valence-corrected chi connectivity index (χ2v) is 13.9. The lowest BCUT2D eigenvalue weighted by Gasteiger charge is -2.40. The Morgan fingerprint density at radius 3 is 1.27 bits per heavy atom. The molecule has 1 aliphatic rings. The first-order chi connectivity index (χ1) is 27.3. The van der Waals surface area contributed by atoms with Crippen LogP contribution < -0.4 is 14.7 Å². The zero-order chi connectivity index (χ0) is 36.6. The summed E-state index contributed by atoms with van der Waals surface area (Å²) in [6.45, 7) is 0. The monoisotopic (exact) mass is 703 g/mol. The van der Waals surface area contributed by atoms with Crippen molar-refractivity contribution in [2.24, 2.45) is 0 Å². The van der Waals surface area contributed by atoms with Crippen LogP contribution >= 0.6 is 0 Å². The van der Waals surface area contributed by atoms with Crippen molar-refractivity contribution < 1.29 is 0 Å². The molecule has 0 unspecified atom stereocenters. The Morgan fingerprint density at radius 1 is 0.255 bits per heavy atom. The molecule has 0 saturated heterocycles. The van der Waals surface area contributed by atoms with E-state index in [4.69, 9.17) is 0 Å². The minimum atomic E-state index is 1.10. The van der Waals surface area contributed by atoms with Crippen LogP contribution in [-0.2, 0) is 0 Å². The fraction of sp³-hybridized carbons (Fsp3) is 0. The largest absolute Gasteiger partial charge is 0.310 e. The Hall–Kier alpha value is -7.36. The molecular weight excluding hydrogens is 667 g/mol. The third-order valence-electron chi connectivity index (χ3n) is 10.5. The molecule has 3 nitrogen and oxygen atoms in total. The molecule has 0 N–H and O–H groups in total. The van der Waals surface area contributed by atoms with Crippen molar-refractivity contribution in [1.29, 1.82) is 0 Å². The number of rotatable bonds is 7. The molecule has 0 saturated carbocycles. The summed E-state index contributed by atoms with van der Waals surface area (Å²) in [5.74, 6) is 0. The molecule has 0 fully saturated rings. The normalized spacial score (nSPS) is 11.9. The van der Waals surface area contributed by atoms with Gasteiger partial charge in [-0.2, -0.15) is 0 Å². The fourth-order valence-corrected chi connectivity index (χ4v) is 7.90. The van der Waals surface area contributed by atoms with Crippen LogP contribution in [0, 0.1) is 0 Å². The van der Waals surface area contributed by atoms with Crippen LogP contribution in [0.15, 0.2) is 224 Å². The van der Waals surface area contributed by atoms with Gasteiger partial charge in [0.1, 0.15) is 0 Å². The van der Waals surface area contributed by atoms with E-state index in [-0.39, 0.29) is 0 Å². The summed E-state index contributed by atoms with van der Waals surface area (Å²) in [4.78, 5) is 7.10. The summed E-state index contributed by atoms with van der Waals surface area (Å²) in [6.07, 6.45) is 0. The second-order valence-electron chi connectivity index (χ2n) is 13.9. The van der Waals surface area contributed by atoms with Crippen molar-refractivity contribution in [3.63, 3.8) is 0 Å². The maximum atomic E-state index is 2.39. The molecule has 0 radical (unpaired) electrons. The molecule has 260 valence electrons. The topological polar surface area (TPSA) is 9.72 Å². The molecule has 0 amide bonds. The van der Waals surface area contributed by atoms with Gasteiger partial charge in [0, 0.05) is 28.4 Å². The molecular formula is C52H37N3. The van der Waals surface area contributed by atoms with Crippen LogP contribution in [0.1, 0.15) is 0 Å². The third kappa shape index (κ3) is 5.98. The van der Waals surface area contributed by atoms with Crippen molar-refractivity contribution in [3.05, 3.63) is 224 Å². The summed E-state index contributed by atoms with van der Waals surface area (Å²) < 4.78 is 0. The van der Waals surface area contributed by atoms with Gasteiger partial charge in [0.2, 0.25) is 0 Å². The van der Waals surface area contributed by atoms with E-state index in [0.717, 1.165) is 62.3 Å². The summed E-state index contributed by atoms with van der Waals surface area (Å²) in [7, 11) is 0. The van der Waals surface area contributed by atoms with E-state index in [1.807, 2.05) is 0 Å². The predicted molar refractivity (Wildman–Crippen MR) is 232 cm³/mol. The van der Waals surface area contributed by atoms with E-state index in [2.05, 4.69) is 239 Å². The van der Waals surface area contributed by atoms with E-state index in [1.54, 1.807) is 0 Å². The molecule has 10 rings (SSSR count). The lowest BCUT2D eigenvalue weighted by atomic mass is 10.0. The average molecular weight is 704 g/mol. The number of benzene rings is 9. The first kappa shape index (κ1) is 32.3. The second kappa shape index (κ2) is 13.9. The van der Waals surface area contributed by atoms with Gasteiger partial charge >= 0.3 is 0 Å². The lowest BCUT2D eigenvalue weighted by molar-refractivity contribution is 1.17. The van der Waals surface area contributed by atoms with Gasteiger partial charge in [-0.15, -0.1) is 0 Å². The predicted octanol–water partition coefficient (Wildman–Crippen LogP) is 14.9. The SMILES string of the molecule is c1ccc(-c2ccc(N(c3ccc(-c4cccc(N5c6ccccc6N(c6ccccc6)c6ccccc65)c4)cc3)c3ccc4ccccc4c3)cc2)cc1. The molecule has 0 aliphatic carbocycles. The van der Waals surface area contributed by atoms with E-state index in [9.17, 15) is 0 Å². The van der Waals surface area contributed by atoms with Gasteiger partial charge in [0.25, 0.3) is 0 Å². The van der Waals surface area contributed by atoms with Crippen molar-refractivity contribution >= 4 is 62.0 Å². The Kier molecular flexibility index (Phi) is 8.16. The van der Waals surface area contributed by atoms with E-state index >= 15 is 0 Å². The smallest absolute Gasteiger partial charge is 0.0703 e. The quantitative estimate of drug-likeness (QED) is 0.164. The summed E-state index contributed by atoms with van der Waals surface area (Å²) >= 11 is 0.